The molecule has 1 amide bonds. The molecule has 1 heterocycles. The molecule has 0 aliphatic carbocycles. The zero-order chi connectivity index (χ0) is 22.0. The van der Waals surface area contributed by atoms with Crippen LogP contribution in [-0.2, 0) is 9.59 Å². The minimum Gasteiger partial charge on any atom is -0.507 e. The van der Waals surface area contributed by atoms with Crippen molar-refractivity contribution in [3.8, 4) is 11.5 Å². The highest BCUT2D eigenvalue weighted by molar-refractivity contribution is 6.51. The molecule has 0 radical (unpaired) electrons. The van der Waals surface area contributed by atoms with Gasteiger partial charge in [-0.3, -0.25) is 14.5 Å². The summed E-state index contributed by atoms with van der Waals surface area (Å²) in [6.45, 7) is 0. The van der Waals surface area contributed by atoms with Gasteiger partial charge in [0.25, 0.3) is 11.7 Å². The van der Waals surface area contributed by atoms with Crippen LogP contribution in [0.4, 0.5) is 5.69 Å². The SMILES string of the molecule is COc1ccc([C@@H]2C(=C(O)c3ccccc3)C(=O)C(=O)N2c2cccc(OC)c2)cc1. The molecule has 0 spiro atoms. The van der Waals surface area contributed by atoms with Gasteiger partial charge >= 0.3 is 0 Å². The molecule has 3 aromatic carbocycles. The van der Waals surface area contributed by atoms with Gasteiger partial charge in [-0.2, -0.15) is 0 Å². The number of ketones is 1. The van der Waals surface area contributed by atoms with Gasteiger partial charge in [-0.25, -0.2) is 0 Å². The van der Waals surface area contributed by atoms with Crippen LogP contribution in [0.2, 0.25) is 0 Å². The van der Waals surface area contributed by atoms with Gasteiger partial charge in [-0.05, 0) is 29.8 Å². The largest absolute Gasteiger partial charge is 0.507 e. The lowest BCUT2D eigenvalue weighted by Gasteiger charge is -2.26. The molecule has 31 heavy (non-hydrogen) atoms. The third-order valence-corrected chi connectivity index (χ3v) is 5.25. The van der Waals surface area contributed by atoms with Crippen molar-refractivity contribution < 1.29 is 24.2 Å². The Balaban J connectivity index is 1.93. The Kier molecular flexibility index (Phi) is 5.45. The Morgan fingerprint density at radius 2 is 1.52 bits per heavy atom. The molecule has 1 N–H and O–H groups in total. The number of rotatable bonds is 5. The van der Waals surface area contributed by atoms with E-state index in [1.807, 2.05) is 6.07 Å². The maximum absolute atomic E-state index is 13.1. The molecule has 4 rings (SSSR count). The van der Waals surface area contributed by atoms with Crippen LogP contribution >= 0.6 is 0 Å². The van der Waals surface area contributed by atoms with Crippen LogP contribution in [0.3, 0.4) is 0 Å². The first kappa shape index (κ1) is 20.2. The summed E-state index contributed by atoms with van der Waals surface area (Å²) in [5, 5.41) is 11.0. The van der Waals surface area contributed by atoms with Crippen molar-refractivity contribution in [2.24, 2.45) is 0 Å². The predicted octanol–water partition coefficient (Wildman–Crippen LogP) is 4.33. The molecule has 1 atom stereocenters. The number of aliphatic hydroxyl groups is 1. The number of hydrogen-bond donors (Lipinski definition) is 1. The van der Waals surface area contributed by atoms with Crippen LogP contribution < -0.4 is 14.4 Å². The van der Waals surface area contributed by atoms with Crippen LogP contribution in [0.5, 0.6) is 11.5 Å². The first-order valence-electron chi connectivity index (χ1n) is 9.69. The van der Waals surface area contributed by atoms with E-state index in [0.717, 1.165) is 0 Å². The third-order valence-electron chi connectivity index (χ3n) is 5.25. The predicted molar refractivity (Wildman–Crippen MR) is 117 cm³/mol. The Labute approximate surface area is 180 Å². The van der Waals surface area contributed by atoms with E-state index >= 15 is 0 Å². The van der Waals surface area contributed by atoms with E-state index in [1.54, 1.807) is 79.9 Å². The number of nitrogens with zero attached hydrogens (tertiary/aromatic N) is 1. The van der Waals surface area contributed by atoms with Crippen molar-refractivity contribution in [3.05, 3.63) is 95.6 Å². The highest BCUT2D eigenvalue weighted by Crippen LogP contribution is 2.43. The van der Waals surface area contributed by atoms with Gasteiger partial charge in [0.05, 0.1) is 25.8 Å². The summed E-state index contributed by atoms with van der Waals surface area (Å²) < 4.78 is 10.5. The quantitative estimate of drug-likeness (QED) is 0.381. The van der Waals surface area contributed by atoms with E-state index in [4.69, 9.17) is 9.47 Å². The summed E-state index contributed by atoms with van der Waals surface area (Å²) in [5.41, 5.74) is 1.66. The van der Waals surface area contributed by atoms with E-state index < -0.39 is 17.7 Å². The molecule has 1 saturated heterocycles. The van der Waals surface area contributed by atoms with E-state index in [2.05, 4.69) is 0 Å². The van der Waals surface area contributed by atoms with Crippen LogP contribution in [0.25, 0.3) is 5.76 Å². The standard InChI is InChI=1S/C25H21NO5/c1-30-19-13-11-16(12-14-19)22-21(23(27)17-7-4-3-5-8-17)24(28)25(29)26(22)18-9-6-10-20(15-18)31-2/h3-15,22,27H,1-2H3/t22-/m1/s1. The van der Waals surface area contributed by atoms with E-state index in [-0.39, 0.29) is 11.3 Å². The topological polar surface area (TPSA) is 76.1 Å². The van der Waals surface area contributed by atoms with Crippen molar-refractivity contribution in [2.45, 2.75) is 6.04 Å². The molecule has 0 unspecified atom stereocenters. The summed E-state index contributed by atoms with van der Waals surface area (Å²) >= 11 is 0. The number of benzene rings is 3. The van der Waals surface area contributed by atoms with Crippen LogP contribution in [0.15, 0.2) is 84.4 Å². The van der Waals surface area contributed by atoms with Crippen molar-refractivity contribution in [2.75, 3.05) is 19.1 Å². The Hall–Kier alpha value is -4.06. The summed E-state index contributed by atoms with van der Waals surface area (Å²) in [5.74, 6) is -0.484. The van der Waals surface area contributed by atoms with Crippen molar-refractivity contribution in [1.82, 2.24) is 0 Å². The van der Waals surface area contributed by atoms with E-state index in [9.17, 15) is 14.7 Å². The third kappa shape index (κ3) is 3.64. The van der Waals surface area contributed by atoms with Gasteiger partial charge in [0.2, 0.25) is 0 Å². The lowest BCUT2D eigenvalue weighted by Crippen LogP contribution is -2.29. The Morgan fingerprint density at radius 1 is 0.839 bits per heavy atom. The molecule has 0 bridgehead atoms. The van der Waals surface area contributed by atoms with Crippen LogP contribution in [0.1, 0.15) is 17.2 Å². The van der Waals surface area contributed by atoms with Gasteiger partial charge in [-0.15, -0.1) is 0 Å². The van der Waals surface area contributed by atoms with Gasteiger partial charge in [0, 0.05) is 17.3 Å². The number of aliphatic hydroxyl groups excluding tert-OH is 1. The van der Waals surface area contributed by atoms with Gasteiger partial charge in [0.15, 0.2) is 0 Å². The summed E-state index contributed by atoms with van der Waals surface area (Å²) in [6.07, 6.45) is 0. The highest BCUT2D eigenvalue weighted by atomic mass is 16.5. The Morgan fingerprint density at radius 3 is 2.16 bits per heavy atom. The molecule has 6 heteroatoms. The minimum atomic E-state index is -0.807. The molecule has 0 aromatic heterocycles. The second-order valence-corrected chi connectivity index (χ2v) is 7.01. The maximum atomic E-state index is 13.1. The molecule has 1 aliphatic rings. The van der Waals surface area contributed by atoms with Crippen molar-refractivity contribution >= 4 is 23.1 Å². The molecular weight excluding hydrogens is 394 g/mol. The van der Waals surface area contributed by atoms with Crippen molar-refractivity contribution in [3.63, 3.8) is 0 Å². The molecule has 156 valence electrons. The van der Waals surface area contributed by atoms with Gasteiger partial charge in [-0.1, -0.05) is 48.5 Å². The molecule has 3 aromatic rings. The van der Waals surface area contributed by atoms with E-state index in [0.29, 0.717) is 28.3 Å². The average Bonchev–Trinajstić information content (AvgIpc) is 3.09. The normalized spacial score (nSPS) is 17.6. The smallest absolute Gasteiger partial charge is 0.300 e. The summed E-state index contributed by atoms with van der Waals surface area (Å²) in [7, 11) is 3.09. The number of anilines is 1. The lowest BCUT2D eigenvalue weighted by molar-refractivity contribution is -0.132. The van der Waals surface area contributed by atoms with Gasteiger partial charge in [0.1, 0.15) is 17.3 Å². The number of methoxy groups -OCH3 is 2. The molecular formula is C25H21NO5. The first-order valence-corrected chi connectivity index (χ1v) is 9.69. The second kappa shape index (κ2) is 8.36. The number of Topliss-reactive ketones (excluding diaryl/α,β-unsaturated/α-hetero) is 1. The fourth-order valence-corrected chi connectivity index (χ4v) is 3.71. The molecule has 1 fully saturated rings. The molecule has 1 aliphatic heterocycles. The second-order valence-electron chi connectivity index (χ2n) is 7.01. The van der Waals surface area contributed by atoms with Crippen LogP contribution in [0, 0.1) is 0 Å². The fourth-order valence-electron chi connectivity index (χ4n) is 3.71. The lowest BCUT2D eigenvalue weighted by atomic mass is 9.95. The zero-order valence-electron chi connectivity index (χ0n) is 17.1. The Bertz CT molecular complexity index is 1150. The number of ether oxygens (including phenoxy) is 2. The fraction of sp³-hybridized carbons (Fsp3) is 0.120. The maximum Gasteiger partial charge on any atom is 0.300 e. The summed E-state index contributed by atoms with van der Waals surface area (Å²) in [6, 6.07) is 21.9. The van der Waals surface area contributed by atoms with E-state index in [1.165, 1.54) is 12.0 Å². The molecule has 0 saturated carbocycles. The number of hydrogen-bond acceptors (Lipinski definition) is 5. The monoisotopic (exact) mass is 415 g/mol. The average molecular weight is 415 g/mol. The number of carbonyl (C=O) groups is 2. The molecule has 6 nitrogen and oxygen atoms in total. The number of amides is 1. The highest BCUT2D eigenvalue weighted by Gasteiger charge is 2.47. The first-order chi connectivity index (χ1) is 15.0. The van der Waals surface area contributed by atoms with Crippen LogP contribution in [-0.4, -0.2) is 31.0 Å². The zero-order valence-corrected chi connectivity index (χ0v) is 17.1. The number of carbonyl (C=O) groups excluding carboxylic acids is 2. The van der Waals surface area contributed by atoms with Crippen molar-refractivity contribution in [1.29, 1.82) is 0 Å². The summed E-state index contributed by atoms with van der Waals surface area (Å²) in [4.78, 5) is 27.6. The minimum absolute atomic E-state index is 0.0317. The van der Waals surface area contributed by atoms with Gasteiger partial charge < -0.3 is 14.6 Å².